The van der Waals surface area contributed by atoms with Gasteiger partial charge in [0.2, 0.25) is 0 Å². The van der Waals surface area contributed by atoms with E-state index >= 15 is 0 Å². The van der Waals surface area contributed by atoms with Gasteiger partial charge in [-0.2, -0.15) is 0 Å². The molecule has 0 N–H and O–H groups in total. The maximum atomic E-state index is 13.1. The Morgan fingerprint density at radius 2 is 1.82 bits per heavy atom. The van der Waals surface area contributed by atoms with E-state index in [0.717, 1.165) is 81.3 Å². The molecule has 2 aliphatic heterocycles. The molecule has 3 fully saturated rings. The van der Waals surface area contributed by atoms with Gasteiger partial charge in [0, 0.05) is 25.2 Å². The summed E-state index contributed by atoms with van der Waals surface area (Å²) in [5, 5.41) is 0. The van der Waals surface area contributed by atoms with Crippen LogP contribution in [-0.2, 0) is 22.5 Å². The summed E-state index contributed by atoms with van der Waals surface area (Å²) >= 11 is 0. The second-order valence-electron chi connectivity index (χ2n) is 12.3. The molecule has 1 spiro atoms. The van der Waals surface area contributed by atoms with Gasteiger partial charge >= 0.3 is 12.3 Å². The highest BCUT2D eigenvalue weighted by Gasteiger charge is 2.42. The molecule has 0 radical (unpaired) electrons. The highest BCUT2D eigenvalue weighted by Crippen LogP contribution is 2.49. The molecule has 2 heterocycles. The SMILES string of the molecule is COC(=O)C(C)C(c1ccc2c(c1)OC1(CC2)CCN(Cc2cc(C3CC3)ccc2OC(F)(F)F)CC1)C1CC1. The third-order valence-corrected chi connectivity index (χ3v) is 9.41. The van der Waals surface area contributed by atoms with Gasteiger partial charge in [-0.15, -0.1) is 13.2 Å². The number of halogens is 3. The lowest BCUT2D eigenvalue weighted by Gasteiger charge is -2.45. The number of benzene rings is 2. The molecule has 8 heteroatoms. The Morgan fingerprint density at radius 1 is 1.07 bits per heavy atom. The standard InChI is InChI=1S/C32H38F3NO4/c1-20(30(37)38-2)29(23-6-7-23)25-8-5-22-11-12-31(39-28(22)18-25)13-15-36(16-14-31)19-26-17-24(21-3-4-21)9-10-27(26)40-32(33,34)35/h5,8-10,17-18,20-21,23,29H,3-4,6-7,11-16,19H2,1-2H3. The summed E-state index contributed by atoms with van der Waals surface area (Å²) in [5.74, 6) is 1.51. The highest BCUT2D eigenvalue weighted by atomic mass is 19.4. The van der Waals surface area contributed by atoms with Crippen molar-refractivity contribution in [2.75, 3.05) is 20.2 Å². The smallest absolute Gasteiger partial charge is 0.487 e. The molecule has 216 valence electrons. The number of hydrogen-bond donors (Lipinski definition) is 0. The average Bonchev–Trinajstić information content (AvgIpc) is 3.84. The molecule has 40 heavy (non-hydrogen) atoms. The molecule has 5 nitrogen and oxygen atoms in total. The lowest BCUT2D eigenvalue weighted by Crippen LogP contribution is -2.49. The number of nitrogens with zero attached hydrogens (tertiary/aromatic N) is 1. The Labute approximate surface area is 234 Å². The summed E-state index contributed by atoms with van der Waals surface area (Å²) in [6.07, 6.45) is 3.23. The summed E-state index contributed by atoms with van der Waals surface area (Å²) in [6.45, 7) is 3.88. The number of fused-ring (bicyclic) bond motifs is 1. The van der Waals surface area contributed by atoms with Crippen LogP contribution in [0.15, 0.2) is 36.4 Å². The number of hydrogen-bond acceptors (Lipinski definition) is 5. The van der Waals surface area contributed by atoms with Crippen molar-refractivity contribution in [2.45, 2.75) is 88.6 Å². The molecule has 2 aliphatic carbocycles. The van der Waals surface area contributed by atoms with Crippen LogP contribution in [0, 0.1) is 11.8 Å². The first-order valence-electron chi connectivity index (χ1n) is 14.6. The summed E-state index contributed by atoms with van der Waals surface area (Å²) < 4.78 is 55.4. The van der Waals surface area contributed by atoms with Crippen LogP contribution in [0.1, 0.15) is 86.0 Å². The maximum absolute atomic E-state index is 13.1. The van der Waals surface area contributed by atoms with E-state index in [2.05, 4.69) is 27.8 Å². The largest absolute Gasteiger partial charge is 0.573 e. The fraction of sp³-hybridized carbons (Fsp3) is 0.594. The fourth-order valence-corrected chi connectivity index (χ4v) is 6.81. The third kappa shape index (κ3) is 5.97. The fourth-order valence-electron chi connectivity index (χ4n) is 6.81. The molecule has 4 aliphatic rings. The van der Waals surface area contributed by atoms with E-state index in [1.54, 1.807) is 6.07 Å². The van der Waals surface area contributed by atoms with Gasteiger partial charge in [-0.3, -0.25) is 9.69 Å². The van der Waals surface area contributed by atoms with Gasteiger partial charge in [0.15, 0.2) is 0 Å². The molecule has 2 atom stereocenters. The Hall–Kier alpha value is -2.74. The number of piperidine rings is 1. The molecule has 0 amide bonds. The van der Waals surface area contributed by atoms with Crippen LogP contribution >= 0.6 is 0 Å². The second-order valence-corrected chi connectivity index (χ2v) is 12.3. The van der Waals surface area contributed by atoms with Crippen molar-refractivity contribution >= 4 is 5.97 Å². The topological polar surface area (TPSA) is 48.0 Å². The first kappa shape index (κ1) is 27.4. The molecule has 2 aromatic carbocycles. The summed E-state index contributed by atoms with van der Waals surface area (Å²) in [6, 6.07) is 11.6. The predicted molar refractivity (Wildman–Crippen MR) is 144 cm³/mol. The van der Waals surface area contributed by atoms with Gasteiger partial charge in [-0.05, 0) is 97.9 Å². The quantitative estimate of drug-likeness (QED) is 0.323. The van der Waals surface area contributed by atoms with Crippen molar-refractivity contribution in [2.24, 2.45) is 11.8 Å². The van der Waals surface area contributed by atoms with Gasteiger partial charge in [0.1, 0.15) is 17.1 Å². The number of carbonyl (C=O) groups is 1. The minimum atomic E-state index is -4.71. The van der Waals surface area contributed by atoms with Gasteiger partial charge in [0.05, 0.1) is 13.0 Å². The number of rotatable bonds is 8. The van der Waals surface area contributed by atoms with Crippen molar-refractivity contribution in [1.82, 2.24) is 4.90 Å². The number of methoxy groups -OCH3 is 1. The highest BCUT2D eigenvalue weighted by molar-refractivity contribution is 5.73. The van der Waals surface area contributed by atoms with E-state index in [-0.39, 0.29) is 29.2 Å². The van der Waals surface area contributed by atoms with E-state index in [4.69, 9.17) is 9.47 Å². The second kappa shape index (κ2) is 10.6. The van der Waals surface area contributed by atoms with Crippen molar-refractivity contribution in [1.29, 1.82) is 0 Å². The molecule has 0 bridgehead atoms. The van der Waals surface area contributed by atoms with Crippen LogP contribution in [-0.4, -0.2) is 43.0 Å². The number of carbonyl (C=O) groups excluding carboxylic acids is 1. The molecule has 6 rings (SSSR count). The number of esters is 1. The number of likely N-dealkylation sites (tertiary alicyclic amines) is 1. The molecular formula is C32H38F3NO4. The van der Waals surface area contributed by atoms with Crippen LogP contribution in [0.4, 0.5) is 13.2 Å². The summed E-state index contributed by atoms with van der Waals surface area (Å²) in [5.41, 5.74) is 3.77. The van der Waals surface area contributed by atoms with Crippen molar-refractivity contribution in [3.63, 3.8) is 0 Å². The van der Waals surface area contributed by atoms with Crippen LogP contribution < -0.4 is 9.47 Å². The lowest BCUT2D eigenvalue weighted by molar-refractivity contribution is -0.275. The van der Waals surface area contributed by atoms with Gasteiger partial charge < -0.3 is 14.2 Å². The maximum Gasteiger partial charge on any atom is 0.573 e. The third-order valence-electron chi connectivity index (χ3n) is 9.41. The summed E-state index contributed by atoms with van der Waals surface area (Å²) in [7, 11) is 1.45. The minimum absolute atomic E-state index is 0.0982. The molecule has 2 saturated carbocycles. The Bertz CT molecular complexity index is 1250. The monoisotopic (exact) mass is 557 g/mol. The molecular weight excluding hydrogens is 519 g/mol. The molecule has 0 aromatic heterocycles. The zero-order valence-electron chi connectivity index (χ0n) is 23.3. The van der Waals surface area contributed by atoms with Gasteiger partial charge in [0.25, 0.3) is 0 Å². The van der Waals surface area contributed by atoms with Crippen LogP contribution in [0.3, 0.4) is 0 Å². The zero-order valence-corrected chi connectivity index (χ0v) is 23.3. The molecule has 2 unspecified atom stereocenters. The predicted octanol–water partition coefficient (Wildman–Crippen LogP) is 7.13. The lowest BCUT2D eigenvalue weighted by atomic mass is 9.80. The Balaban J connectivity index is 1.14. The zero-order chi connectivity index (χ0) is 28.1. The average molecular weight is 558 g/mol. The van der Waals surface area contributed by atoms with Gasteiger partial charge in [-0.1, -0.05) is 31.2 Å². The van der Waals surface area contributed by atoms with E-state index in [9.17, 15) is 18.0 Å². The molecule has 2 aromatic rings. The van der Waals surface area contributed by atoms with Crippen molar-refractivity contribution in [3.05, 3.63) is 58.7 Å². The van der Waals surface area contributed by atoms with Crippen molar-refractivity contribution in [3.8, 4) is 11.5 Å². The normalized spacial score (nSPS) is 22.2. The number of ether oxygens (including phenoxy) is 3. The van der Waals surface area contributed by atoms with E-state index in [1.807, 2.05) is 13.0 Å². The van der Waals surface area contributed by atoms with Crippen LogP contribution in [0.2, 0.25) is 0 Å². The van der Waals surface area contributed by atoms with E-state index < -0.39 is 6.36 Å². The first-order chi connectivity index (χ1) is 19.1. The van der Waals surface area contributed by atoms with Crippen molar-refractivity contribution < 1.29 is 32.2 Å². The van der Waals surface area contributed by atoms with Crippen LogP contribution in [0.5, 0.6) is 11.5 Å². The Morgan fingerprint density at radius 3 is 2.48 bits per heavy atom. The Kier molecular flexibility index (Phi) is 7.26. The number of alkyl halides is 3. The van der Waals surface area contributed by atoms with E-state index in [1.165, 1.54) is 18.7 Å². The molecule has 1 saturated heterocycles. The van der Waals surface area contributed by atoms with Crippen LogP contribution in [0.25, 0.3) is 0 Å². The first-order valence-corrected chi connectivity index (χ1v) is 14.6. The summed E-state index contributed by atoms with van der Waals surface area (Å²) in [4.78, 5) is 14.6. The minimum Gasteiger partial charge on any atom is -0.487 e. The number of aryl methyl sites for hydroxylation is 1. The van der Waals surface area contributed by atoms with Gasteiger partial charge in [-0.25, -0.2) is 0 Å². The van der Waals surface area contributed by atoms with E-state index in [0.29, 0.717) is 23.9 Å².